The number of amides is 1. The molecule has 0 saturated carbocycles. The molecule has 0 radical (unpaired) electrons. The maximum atomic E-state index is 12.5. The van der Waals surface area contributed by atoms with Gasteiger partial charge in [0.25, 0.3) is 5.56 Å². The number of rotatable bonds is 5. The predicted octanol–water partition coefficient (Wildman–Crippen LogP) is 2.96. The topological polar surface area (TPSA) is 64.0 Å². The van der Waals surface area contributed by atoms with E-state index >= 15 is 0 Å². The first-order valence-corrected chi connectivity index (χ1v) is 8.33. The molecule has 120 valence electrons. The Morgan fingerprint density at radius 2 is 1.71 bits per heavy atom. The first-order valence-electron chi connectivity index (χ1n) is 7.35. The number of anilines is 1. The highest BCUT2D eigenvalue weighted by Gasteiger charge is 2.10. The Kier molecular flexibility index (Phi) is 5.08. The molecule has 3 aromatic rings. The van der Waals surface area contributed by atoms with Crippen molar-refractivity contribution in [3.8, 4) is 5.69 Å². The molecule has 1 N–H and O–H groups in total. The summed E-state index contributed by atoms with van der Waals surface area (Å²) in [6, 6.07) is 18.5. The highest BCUT2D eigenvalue weighted by Crippen LogP contribution is 2.13. The zero-order chi connectivity index (χ0) is 16.8. The molecule has 6 heteroatoms. The molecule has 0 bridgehead atoms. The van der Waals surface area contributed by atoms with Gasteiger partial charge in [-0.3, -0.25) is 14.2 Å². The number of hydrogen-bond acceptors (Lipinski definition) is 4. The Morgan fingerprint density at radius 1 is 1.04 bits per heavy atom. The fourth-order valence-electron chi connectivity index (χ4n) is 2.14. The summed E-state index contributed by atoms with van der Waals surface area (Å²) < 4.78 is 1.52. The summed E-state index contributed by atoms with van der Waals surface area (Å²) in [5.41, 5.74) is 1.26. The molecule has 0 fully saturated rings. The highest BCUT2D eigenvalue weighted by molar-refractivity contribution is 7.99. The normalized spacial score (nSPS) is 10.3. The second-order valence-electron chi connectivity index (χ2n) is 4.95. The average molecular weight is 337 g/mol. The van der Waals surface area contributed by atoms with Crippen LogP contribution in [0, 0.1) is 0 Å². The molecule has 1 amide bonds. The van der Waals surface area contributed by atoms with Gasteiger partial charge in [0.2, 0.25) is 5.91 Å². The molecule has 0 aliphatic carbocycles. The van der Waals surface area contributed by atoms with Crippen LogP contribution in [-0.2, 0) is 4.79 Å². The largest absolute Gasteiger partial charge is 0.325 e. The van der Waals surface area contributed by atoms with Crippen LogP contribution < -0.4 is 10.9 Å². The van der Waals surface area contributed by atoms with E-state index in [2.05, 4.69) is 10.3 Å². The summed E-state index contributed by atoms with van der Waals surface area (Å²) in [5, 5.41) is 3.08. The molecule has 0 unspecified atom stereocenters. The van der Waals surface area contributed by atoms with E-state index in [1.807, 2.05) is 60.7 Å². The summed E-state index contributed by atoms with van der Waals surface area (Å²) in [4.78, 5) is 28.6. The maximum Gasteiger partial charge on any atom is 0.287 e. The summed E-state index contributed by atoms with van der Waals surface area (Å²) in [5.74, 6) is -0.0573. The number of aromatic nitrogens is 2. The molecule has 5 nitrogen and oxygen atoms in total. The molecule has 0 aliphatic heterocycles. The minimum atomic E-state index is -0.235. The number of para-hydroxylation sites is 2. The van der Waals surface area contributed by atoms with Crippen molar-refractivity contribution < 1.29 is 4.79 Å². The smallest absolute Gasteiger partial charge is 0.287 e. The number of thioether (sulfide) groups is 1. The fourth-order valence-corrected chi connectivity index (χ4v) is 2.83. The molecule has 1 aromatic heterocycles. The van der Waals surface area contributed by atoms with Crippen molar-refractivity contribution in [1.82, 2.24) is 9.55 Å². The van der Waals surface area contributed by atoms with Crippen LogP contribution in [0.1, 0.15) is 0 Å². The van der Waals surface area contributed by atoms with Gasteiger partial charge in [0.1, 0.15) is 0 Å². The van der Waals surface area contributed by atoms with E-state index in [-0.39, 0.29) is 17.2 Å². The third-order valence-corrected chi connectivity index (χ3v) is 4.20. The van der Waals surface area contributed by atoms with Gasteiger partial charge in [-0.05, 0) is 24.3 Å². The monoisotopic (exact) mass is 337 g/mol. The van der Waals surface area contributed by atoms with Crippen molar-refractivity contribution in [2.75, 3.05) is 11.1 Å². The predicted molar refractivity (Wildman–Crippen MR) is 95.6 cm³/mol. The summed E-state index contributed by atoms with van der Waals surface area (Å²) in [6.07, 6.45) is 3.18. The molecule has 0 saturated heterocycles. The highest BCUT2D eigenvalue weighted by atomic mass is 32.2. The lowest BCUT2D eigenvalue weighted by Gasteiger charge is -2.07. The van der Waals surface area contributed by atoms with Gasteiger partial charge < -0.3 is 5.32 Å². The quantitative estimate of drug-likeness (QED) is 0.727. The van der Waals surface area contributed by atoms with E-state index in [1.165, 1.54) is 4.57 Å². The van der Waals surface area contributed by atoms with Crippen LogP contribution in [0.2, 0.25) is 0 Å². The van der Waals surface area contributed by atoms with Crippen molar-refractivity contribution in [2.24, 2.45) is 0 Å². The second-order valence-corrected chi connectivity index (χ2v) is 5.91. The third-order valence-electron chi connectivity index (χ3n) is 3.24. The van der Waals surface area contributed by atoms with Crippen LogP contribution in [-0.4, -0.2) is 21.2 Å². The van der Waals surface area contributed by atoms with Gasteiger partial charge in [0.15, 0.2) is 5.03 Å². The first-order chi connectivity index (χ1) is 11.7. The van der Waals surface area contributed by atoms with Gasteiger partial charge in [-0.2, -0.15) is 0 Å². The van der Waals surface area contributed by atoms with Crippen molar-refractivity contribution in [1.29, 1.82) is 0 Å². The lowest BCUT2D eigenvalue weighted by atomic mass is 10.3. The molecular formula is C18H15N3O2S. The molecular weight excluding hydrogens is 322 g/mol. The van der Waals surface area contributed by atoms with Crippen LogP contribution in [0.3, 0.4) is 0 Å². The maximum absolute atomic E-state index is 12.5. The SMILES string of the molecule is O=C(CSc1nccn(-c2ccccc2)c1=O)Nc1ccccc1. The van der Waals surface area contributed by atoms with E-state index in [9.17, 15) is 9.59 Å². The van der Waals surface area contributed by atoms with Gasteiger partial charge in [-0.25, -0.2) is 4.98 Å². The molecule has 0 spiro atoms. The fraction of sp³-hybridized carbons (Fsp3) is 0.0556. The van der Waals surface area contributed by atoms with Crippen molar-refractivity contribution in [2.45, 2.75) is 5.03 Å². The molecule has 0 aliphatic rings. The van der Waals surface area contributed by atoms with Crippen molar-refractivity contribution in [3.05, 3.63) is 83.4 Å². The molecule has 3 rings (SSSR count). The van der Waals surface area contributed by atoms with Crippen LogP contribution in [0.5, 0.6) is 0 Å². The lowest BCUT2D eigenvalue weighted by Crippen LogP contribution is -2.22. The Bertz CT molecular complexity index is 880. The number of carbonyl (C=O) groups is 1. The van der Waals surface area contributed by atoms with Gasteiger partial charge >= 0.3 is 0 Å². The minimum absolute atomic E-state index is 0.121. The average Bonchev–Trinajstić information content (AvgIpc) is 2.62. The summed E-state index contributed by atoms with van der Waals surface area (Å²) in [6.45, 7) is 0. The first kappa shape index (κ1) is 16.0. The van der Waals surface area contributed by atoms with E-state index in [0.29, 0.717) is 5.03 Å². The second kappa shape index (κ2) is 7.61. The number of hydrogen-bond donors (Lipinski definition) is 1. The number of benzene rings is 2. The van der Waals surface area contributed by atoms with Gasteiger partial charge in [-0.1, -0.05) is 48.2 Å². The van der Waals surface area contributed by atoms with Crippen LogP contribution in [0.25, 0.3) is 5.69 Å². The summed E-state index contributed by atoms with van der Waals surface area (Å²) in [7, 11) is 0. The number of nitrogens with zero attached hydrogens (tertiary/aromatic N) is 2. The zero-order valence-corrected chi connectivity index (χ0v) is 13.6. The minimum Gasteiger partial charge on any atom is -0.325 e. The van der Waals surface area contributed by atoms with Gasteiger partial charge in [0.05, 0.1) is 5.75 Å². The van der Waals surface area contributed by atoms with E-state index < -0.39 is 0 Å². The Labute approximate surface area is 143 Å². The van der Waals surface area contributed by atoms with E-state index in [1.54, 1.807) is 12.4 Å². The van der Waals surface area contributed by atoms with Crippen molar-refractivity contribution in [3.63, 3.8) is 0 Å². The zero-order valence-electron chi connectivity index (χ0n) is 12.8. The number of carbonyl (C=O) groups excluding carboxylic acids is 1. The Hall–Kier alpha value is -2.86. The van der Waals surface area contributed by atoms with Crippen LogP contribution >= 0.6 is 11.8 Å². The Balaban J connectivity index is 1.70. The van der Waals surface area contributed by atoms with Crippen molar-refractivity contribution >= 4 is 23.4 Å². The molecule has 24 heavy (non-hydrogen) atoms. The summed E-state index contributed by atoms with van der Waals surface area (Å²) >= 11 is 1.13. The van der Waals surface area contributed by atoms with Gasteiger partial charge in [0, 0.05) is 23.8 Å². The molecule has 1 heterocycles. The van der Waals surface area contributed by atoms with Crippen LogP contribution in [0.4, 0.5) is 5.69 Å². The molecule has 2 aromatic carbocycles. The standard InChI is InChI=1S/C18H15N3O2S/c22-16(20-14-7-3-1-4-8-14)13-24-17-18(23)21(12-11-19-17)15-9-5-2-6-10-15/h1-12H,13H2,(H,20,22). The van der Waals surface area contributed by atoms with Gasteiger partial charge in [-0.15, -0.1) is 0 Å². The Morgan fingerprint density at radius 3 is 2.42 bits per heavy atom. The number of nitrogens with one attached hydrogen (secondary N) is 1. The van der Waals surface area contributed by atoms with E-state index in [4.69, 9.17) is 0 Å². The molecule has 0 atom stereocenters. The van der Waals surface area contributed by atoms with Crippen LogP contribution in [0.15, 0.2) is 82.9 Å². The third kappa shape index (κ3) is 3.91. The van der Waals surface area contributed by atoms with E-state index in [0.717, 1.165) is 23.1 Å². The lowest BCUT2D eigenvalue weighted by molar-refractivity contribution is -0.113.